The third-order valence-corrected chi connectivity index (χ3v) is 4.35. The van der Waals surface area contributed by atoms with Gasteiger partial charge in [-0.1, -0.05) is 95.8 Å². The van der Waals surface area contributed by atoms with Crippen LogP contribution in [0.25, 0.3) is 0 Å². The van der Waals surface area contributed by atoms with E-state index in [9.17, 15) is 0 Å². The number of rotatable bonds is 13. The SMILES string of the molecule is CCCCCCCCCCCCCCc1ccccc1N.Cl. The van der Waals surface area contributed by atoms with Crippen molar-refractivity contribution in [1.82, 2.24) is 0 Å². The van der Waals surface area contributed by atoms with E-state index in [1.165, 1.54) is 82.6 Å². The van der Waals surface area contributed by atoms with Crippen LogP contribution >= 0.6 is 12.4 Å². The second-order valence-electron chi connectivity index (χ2n) is 6.34. The molecule has 0 fully saturated rings. The molecule has 0 bridgehead atoms. The molecule has 1 aromatic rings. The first-order valence-corrected chi connectivity index (χ1v) is 9.18. The zero-order valence-corrected chi connectivity index (χ0v) is 15.3. The normalized spacial score (nSPS) is 10.4. The van der Waals surface area contributed by atoms with Crippen molar-refractivity contribution < 1.29 is 0 Å². The molecule has 128 valence electrons. The van der Waals surface area contributed by atoms with Gasteiger partial charge in [-0.2, -0.15) is 0 Å². The van der Waals surface area contributed by atoms with Gasteiger partial charge in [0.1, 0.15) is 0 Å². The Kier molecular flexibility index (Phi) is 14.7. The molecule has 0 aliphatic heterocycles. The molecular weight excluding hydrogens is 290 g/mol. The van der Waals surface area contributed by atoms with Gasteiger partial charge in [0.05, 0.1) is 0 Å². The summed E-state index contributed by atoms with van der Waals surface area (Å²) < 4.78 is 0. The lowest BCUT2D eigenvalue weighted by Gasteiger charge is -2.05. The molecule has 0 aromatic heterocycles. The van der Waals surface area contributed by atoms with Gasteiger partial charge in [0.2, 0.25) is 0 Å². The Morgan fingerprint density at radius 1 is 0.682 bits per heavy atom. The molecule has 0 saturated heterocycles. The predicted molar refractivity (Wildman–Crippen MR) is 103 cm³/mol. The van der Waals surface area contributed by atoms with Gasteiger partial charge in [-0.3, -0.25) is 0 Å². The minimum Gasteiger partial charge on any atom is -0.399 e. The third-order valence-electron chi connectivity index (χ3n) is 4.35. The highest BCUT2D eigenvalue weighted by molar-refractivity contribution is 5.85. The molecule has 0 atom stereocenters. The smallest absolute Gasteiger partial charge is 0.0346 e. The number of aryl methyl sites for hydroxylation is 1. The van der Waals surface area contributed by atoms with Gasteiger partial charge in [0, 0.05) is 5.69 Å². The number of unbranched alkanes of at least 4 members (excludes halogenated alkanes) is 11. The third kappa shape index (κ3) is 11.0. The molecule has 2 N–H and O–H groups in total. The van der Waals surface area contributed by atoms with Gasteiger partial charge in [-0.05, 0) is 24.5 Å². The molecule has 1 nitrogen and oxygen atoms in total. The molecule has 0 heterocycles. The number of benzene rings is 1. The standard InChI is InChI=1S/C20H35N.ClH/c1-2-3-4-5-6-7-8-9-10-11-12-13-16-19-17-14-15-18-20(19)21;/h14-15,17-18H,2-13,16,21H2,1H3;1H. The van der Waals surface area contributed by atoms with E-state index in [4.69, 9.17) is 5.73 Å². The maximum Gasteiger partial charge on any atom is 0.0346 e. The number of nitrogen functional groups attached to an aromatic ring is 1. The number of hydrogen-bond donors (Lipinski definition) is 1. The Labute approximate surface area is 144 Å². The lowest BCUT2D eigenvalue weighted by Crippen LogP contribution is -1.93. The molecule has 0 unspecified atom stereocenters. The highest BCUT2D eigenvalue weighted by Gasteiger charge is 1.98. The molecular formula is C20H36ClN. The highest BCUT2D eigenvalue weighted by Crippen LogP contribution is 2.16. The Hall–Kier alpha value is -0.690. The summed E-state index contributed by atoms with van der Waals surface area (Å²) in [4.78, 5) is 0. The zero-order chi connectivity index (χ0) is 15.2. The van der Waals surface area contributed by atoms with E-state index >= 15 is 0 Å². The number of hydrogen-bond acceptors (Lipinski definition) is 1. The maximum absolute atomic E-state index is 5.96. The molecule has 0 spiro atoms. The summed E-state index contributed by atoms with van der Waals surface area (Å²) in [6.45, 7) is 2.28. The molecule has 0 amide bonds. The van der Waals surface area contributed by atoms with Crippen molar-refractivity contribution in [3.05, 3.63) is 29.8 Å². The summed E-state index contributed by atoms with van der Waals surface area (Å²) in [5.41, 5.74) is 8.24. The van der Waals surface area contributed by atoms with Crippen molar-refractivity contribution in [3.63, 3.8) is 0 Å². The van der Waals surface area contributed by atoms with Crippen LogP contribution in [0.1, 0.15) is 89.5 Å². The minimum absolute atomic E-state index is 0. The van der Waals surface area contributed by atoms with Crippen LogP contribution in [0, 0.1) is 0 Å². The lowest BCUT2D eigenvalue weighted by molar-refractivity contribution is 0.544. The number of para-hydroxylation sites is 1. The average molecular weight is 326 g/mol. The zero-order valence-electron chi connectivity index (χ0n) is 14.5. The van der Waals surface area contributed by atoms with Crippen molar-refractivity contribution in [3.8, 4) is 0 Å². The van der Waals surface area contributed by atoms with Crippen LogP contribution < -0.4 is 5.73 Å². The summed E-state index contributed by atoms with van der Waals surface area (Å²) >= 11 is 0. The first-order chi connectivity index (χ1) is 10.3. The number of anilines is 1. The highest BCUT2D eigenvalue weighted by atomic mass is 35.5. The van der Waals surface area contributed by atoms with E-state index in [1.54, 1.807) is 0 Å². The fourth-order valence-corrected chi connectivity index (χ4v) is 2.92. The van der Waals surface area contributed by atoms with Crippen LogP contribution in [0.2, 0.25) is 0 Å². The molecule has 0 radical (unpaired) electrons. The topological polar surface area (TPSA) is 26.0 Å². The van der Waals surface area contributed by atoms with Crippen LogP contribution in [-0.2, 0) is 6.42 Å². The second-order valence-corrected chi connectivity index (χ2v) is 6.34. The summed E-state index contributed by atoms with van der Waals surface area (Å²) in [5.74, 6) is 0. The lowest BCUT2D eigenvalue weighted by atomic mass is 10.0. The van der Waals surface area contributed by atoms with E-state index in [0.29, 0.717) is 0 Å². The molecule has 1 aromatic carbocycles. The van der Waals surface area contributed by atoms with Crippen molar-refractivity contribution in [1.29, 1.82) is 0 Å². The summed E-state index contributed by atoms with van der Waals surface area (Å²) in [5, 5.41) is 0. The Bertz CT molecular complexity index is 351. The summed E-state index contributed by atoms with van der Waals surface area (Å²) in [6.07, 6.45) is 18.0. The van der Waals surface area contributed by atoms with E-state index in [0.717, 1.165) is 12.1 Å². The van der Waals surface area contributed by atoms with Crippen LogP contribution in [0.3, 0.4) is 0 Å². The van der Waals surface area contributed by atoms with Gasteiger partial charge in [0.25, 0.3) is 0 Å². The Morgan fingerprint density at radius 3 is 1.64 bits per heavy atom. The van der Waals surface area contributed by atoms with Gasteiger partial charge in [-0.15, -0.1) is 12.4 Å². The first kappa shape index (κ1) is 21.3. The fraction of sp³-hybridized carbons (Fsp3) is 0.700. The van der Waals surface area contributed by atoms with Crippen molar-refractivity contribution >= 4 is 18.1 Å². The molecule has 1 rings (SSSR count). The van der Waals surface area contributed by atoms with Crippen LogP contribution in [-0.4, -0.2) is 0 Å². The number of nitrogens with two attached hydrogens (primary N) is 1. The van der Waals surface area contributed by atoms with Crippen molar-refractivity contribution in [2.45, 2.75) is 90.4 Å². The molecule has 0 aliphatic rings. The van der Waals surface area contributed by atoms with Crippen LogP contribution in [0.4, 0.5) is 5.69 Å². The van der Waals surface area contributed by atoms with E-state index < -0.39 is 0 Å². The largest absolute Gasteiger partial charge is 0.399 e. The molecule has 0 aliphatic carbocycles. The summed E-state index contributed by atoms with van der Waals surface area (Å²) in [6, 6.07) is 8.27. The molecule has 0 saturated carbocycles. The Morgan fingerprint density at radius 2 is 1.14 bits per heavy atom. The van der Waals surface area contributed by atoms with E-state index in [-0.39, 0.29) is 12.4 Å². The van der Waals surface area contributed by atoms with Crippen molar-refractivity contribution in [2.24, 2.45) is 0 Å². The average Bonchev–Trinajstić information content (AvgIpc) is 2.50. The van der Waals surface area contributed by atoms with Crippen molar-refractivity contribution in [2.75, 3.05) is 5.73 Å². The van der Waals surface area contributed by atoms with Gasteiger partial charge in [-0.25, -0.2) is 0 Å². The second kappa shape index (κ2) is 15.2. The van der Waals surface area contributed by atoms with Crippen LogP contribution in [0.5, 0.6) is 0 Å². The van der Waals surface area contributed by atoms with Crippen LogP contribution in [0.15, 0.2) is 24.3 Å². The predicted octanol–water partition coefficient (Wildman–Crippen LogP) is 6.93. The first-order valence-electron chi connectivity index (χ1n) is 9.18. The molecule has 22 heavy (non-hydrogen) atoms. The summed E-state index contributed by atoms with van der Waals surface area (Å²) in [7, 11) is 0. The quantitative estimate of drug-likeness (QED) is 0.308. The number of halogens is 1. The molecule has 2 heteroatoms. The Balaban J connectivity index is 0.00000441. The van der Waals surface area contributed by atoms with E-state index in [2.05, 4.69) is 19.1 Å². The van der Waals surface area contributed by atoms with Gasteiger partial charge < -0.3 is 5.73 Å². The monoisotopic (exact) mass is 325 g/mol. The van der Waals surface area contributed by atoms with Gasteiger partial charge in [0.15, 0.2) is 0 Å². The minimum atomic E-state index is 0. The maximum atomic E-state index is 5.96. The fourth-order valence-electron chi connectivity index (χ4n) is 2.92. The van der Waals surface area contributed by atoms with E-state index in [1.807, 2.05) is 12.1 Å². The van der Waals surface area contributed by atoms with Gasteiger partial charge >= 0.3 is 0 Å².